The molecule has 10 heteroatoms. The SMILES string of the molecule is C=CCOc1ccc2c(c1)[C@H]1[C@H](CCCCO)[C@@H](CCCCO)C=C3C(=NOCc4ccccc4)C[C@H](N(C)C(=O)OCc4ccccc4)[C@@](OCC=C)(O2)[C@H]31. The second-order valence-electron chi connectivity index (χ2n) is 14.8. The van der Waals surface area contributed by atoms with Crippen LogP contribution in [0.2, 0.25) is 0 Å². The summed E-state index contributed by atoms with van der Waals surface area (Å²) < 4.78 is 26.1. The van der Waals surface area contributed by atoms with Crippen molar-refractivity contribution in [2.24, 2.45) is 22.9 Å². The topological polar surface area (TPSA) is 119 Å². The van der Waals surface area contributed by atoms with Crippen molar-refractivity contribution in [1.82, 2.24) is 4.90 Å². The number of fused-ring (bicyclic) bond motifs is 2. The molecule has 1 fully saturated rings. The molecule has 2 N–H and O–H groups in total. The number of rotatable bonds is 20. The van der Waals surface area contributed by atoms with Crippen molar-refractivity contribution < 1.29 is 38.8 Å². The first-order valence-electron chi connectivity index (χ1n) is 19.9. The lowest BCUT2D eigenvalue weighted by atomic mass is 9.55. The van der Waals surface area contributed by atoms with Gasteiger partial charge in [-0.15, -0.1) is 6.58 Å². The third kappa shape index (κ3) is 9.20. The molecule has 1 amide bonds. The third-order valence-corrected chi connectivity index (χ3v) is 11.2. The Balaban J connectivity index is 1.51. The molecule has 0 saturated heterocycles. The normalized spacial score (nSPS) is 24.2. The highest BCUT2D eigenvalue weighted by atomic mass is 16.7. The van der Waals surface area contributed by atoms with Gasteiger partial charge in [-0.1, -0.05) is 103 Å². The van der Waals surface area contributed by atoms with E-state index in [4.69, 9.17) is 28.9 Å². The molecule has 6 rings (SSSR count). The Hall–Kier alpha value is -4.90. The van der Waals surface area contributed by atoms with Gasteiger partial charge in [-0.2, -0.15) is 0 Å². The van der Waals surface area contributed by atoms with Crippen molar-refractivity contribution in [2.75, 3.05) is 33.5 Å². The number of hydrogen-bond donors (Lipinski definition) is 2. The van der Waals surface area contributed by atoms with Crippen LogP contribution in [0.5, 0.6) is 11.5 Å². The molecule has 3 aliphatic rings. The van der Waals surface area contributed by atoms with Gasteiger partial charge in [0, 0.05) is 38.2 Å². The van der Waals surface area contributed by atoms with E-state index < -0.39 is 23.8 Å². The zero-order valence-corrected chi connectivity index (χ0v) is 32.5. The van der Waals surface area contributed by atoms with E-state index in [1.807, 2.05) is 72.8 Å². The number of nitrogens with zero attached hydrogens (tertiary/aromatic N) is 2. The number of aliphatic hydroxyl groups excluding tert-OH is 2. The number of carbonyl (C=O) groups excluding carboxylic acids is 1. The molecule has 0 unspecified atom stereocenters. The molecule has 0 bridgehead atoms. The van der Waals surface area contributed by atoms with Gasteiger partial charge in [0.25, 0.3) is 0 Å². The maximum absolute atomic E-state index is 14.1. The largest absolute Gasteiger partial charge is 0.490 e. The second-order valence-corrected chi connectivity index (χ2v) is 14.8. The number of carbonyl (C=O) groups is 1. The summed E-state index contributed by atoms with van der Waals surface area (Å²) in [5.41, 5.74) is 4.52. The first-order valence-corrected chi connectivity index (χ1v) is 19.9. The van der Waals surface area contributed by atoms with Crippen molar-refractivity contribution in [2.45, 2.75) is 75.9 Å². The summed E-state index contributed by atoms with van der Waals surface area (Å²) in [4.78, 5) is 21.8. The zero-order chi connectivity index (χ0) is 39.3. The fraction of sp³-hybridized carbons (Fsp3) is 0.435. The quantitative estimate of drug-likeness (QED) is 0.0670. The summed E-state index contributed by atoms with van der Waals surface area (Å²) in [6.07, 6.45) is 10.2. The van der Waals surface area contributed by atoms with Crippen LogP contribution < -0.4 is 9.47 Å². The lowest BCUT2D eigenvalue weighted by molar-refractivity contribution is -0.253. The van der Waals surface area contributed by atoms with Crippen LogP contribution in [-0.2, 0) is 27.5 Å². The standard InChI is InChI=1S/C46H56N2O8/c1-4-26-52-36-22-23-41-39(29-36)43-37(21-13-15-25-50)35(20-12-14-24-49)28-38-40(47-55-32-34-18-10-7-11-19-34)30-42(46(56-41,44(38)43)54-27-5-2)48(3)45(51)53-31-33-16-8-6-9-17-33/h4-11,16-19,22-23,28-29,35,37,42-44,49-50H,1-2,12-15,20-21,24-27,30-32H2,3H3/t35-,37+,42-,43+,44+,46+/m0/s1. The van der Waals surface area contributed by atoms with Crippen LogP contribution in [0.1, 0.15) is 67.6 Å². The summed E-state index contributed by atoms with van der Waals surface area (Å²) in [7, 11) is 1.73. The molecule has 298 valence electrons. The second kappa shape index (κ2) is 19.8. The average molecular weight is 765 g/mol. The molecule has 3 aromatic carbocycles. The lowest BCUT2D eigenvalue weighted by Crippen LogP contribution is -2.69. The van der Waals surface area contributed by atoms with Gasteiger partial charge in [-0.05, 0) is 72.4 Å². The van der Waals surface area contributed by atoms with Crippen LogP contribution >= 0.6 is 0 Å². The lowest BCUT2D eigenvalue weighted by Gasteiger charge is -2.59. The Morgan fingerprint density at radius 2 is 1.59 bits per heavy atom. The fourth-order valence-electron chi connectivity index (χ4n) is 8.68. The van der Waals surface area contributed by atoms with E-state index in [2.05, 4.69) is 25.3 Å². The highest BCUT2D eigenvalue weighted by Gasteiger charge is 2.65. The summed E-state index contributed by atoms with van der Waals surface area (Å²) in [5, 5.41) is 24.5. The van der Waals surface area contributed by atoms with Crippen LogP contribution in [0.15, 0.2) is 121 Å². The van der Waals surface area contributed by atoms with E-state index in [1.54, 1.807) is 24.1 Å². The number of unbranched alkanes of at least 4 members (excludes halogenated alkanes) is 2. The predicted molar refractivity (Wildman–Crippen MR) is 216 cm³/mol. The van der Waals surface area contributed by atoms with Crippen LogP contribution in [0, 0.1) is 17.8 Å². The summed E-state index contributed by atoms with van der Waals surface area (Å²) in [6.45, 7) is 8.96. The number of allylic oxidation sites excluding steroid dienone is 1. The van der Waals surface area contributed by atoms with Crippen LogP contribution in [-0.4, -0.2) is 72.2 Å². The molecule has 0 spiro atoms. The Morgan fingerprint density at radius 3 is 2.27 bits per heavy atom. The average Bonchev–Trinajstić information content (AvgIpc) is 3.23. The Labute approximate surface area is 331 Å². The minimum absolute atomic E-state index is 0.0959. The zero-order valence-electron chi connectivity index (χ0n) is 32.5. The first kappa shape index (κ1) is 40.8. The van der Waals surface area contributed by atoms with E-state index in [9.17, 15) is 15.0 Å². The number of likely N-dealkylation sites (N-methyl/N-ethyl adjacent to an activating group) is 1. The van der Waals surface area contributed by atoms with Gasteiger partial charge in [0.2, 0.25) is 5.79 Å². The highest BCUT2D eigenvalue weighted by molar-refractivity contribution is 6.02. The number of oxime groups is 1. The Morgan fingerprint density at radius 1 is 0.911 bits per heavy atom. The predicted octanol–water partition coefficient (Wildman–Crippen LogP) is 8.35. The van der Waals surface area contributed by atoms with Gasteiger partial charge >= 0.3 is 6.09 Å². The molecule has 10 nitrogen and oxygen atoms in total. The van der Waals surface area contributed by atoms with E-state index >= 15 is 0 Å². The fourth-order valence-corrected chi connectivity index (χ4v) is 8.68. The van der Waals surface area contributed by atoms with E-state index in [0.717, 1.165) is 47.9 Å². The van der Waals surface area contributed by atoms with E-state index in [0.29, 0.717) is 36.7 Å². The van der Waals surface area contributed by atoms with Crippen molar-refractivity contribution >= 4 is 11.8 Å². The van der Waals surface area contributed by atoms with E-state index in [-0.39, 0.29) is 57.2 Å². The van der Waals surface area contributed by atoms with Crippen LogP contribution in [0.25, 0.3) is 0 Å². The van der Waals surface area contributed by atoms with Gasteiger partial charge in [-0.3, -0.25) is 0 Å². The van der Waals surface area contributed by atoms with E-state index in [1.165, 1.54) is 0 Å². The number of ether oxygens (including phenoxy) is 4. The smallest absolute Gasteiger partial charge is 0.410 e. The maximum atomic E-state index is 14.1. The van der Waals surface area contributed by atoms with Crippen molar-refractivity contribution in [3.63, 3.8) is 0 Å². The van der Waals surface area contributed by atoms with Crippen LogP contribution in [0.4, 0.5) is 4.79 Å². The molecule has 1 saturated carbocycles. The van der Waals surface area contributed by atoms with Crippen molar-refractivity contribution in [1.29, 1.82) is 0 Å². The minimum Gasteiger partial charge on any atom is -0.490 e. The number of hydrogen-bond acceptors (Lipinski definition) is 9. The molecule has 6 atom stereocenters. The molecule has 1 heterocycles. The Kier molecular flexibility index (Phi) is 14.4. The van der Waals surface area contributed by atoms with Gasteiger partial charge in [0.1, 0.15) is 37.4 Å². The Bertz CT molecular complexity index is 1810. The summed E-state index contributed by atoms with van der Waals surface area (Å²) in [5.74, 6) is -0.404. The number of amides is 1. The van der Waals surface area contributed by atoms with Gasteiger partial charge < -0.3 is 38.9 Å². The van der Waals surface area contributed by atoms with Crippen molar-refractivity contribution in [3.8, 4) is 11.5 Å². The summed E-state index contributed by atoms with van der Waals surface area (Å²) in [6, 6.07) is 24.7. The molecule has 1 aliphatic heterocycles. The first-order chi connectivity index (χ1) is 27.4. The number of aliphatic hydroxyl groups is 2. The molecule has 2 aliphatic carbocycles. The minimum atomic E-state index is -1.37. The number of benzene rings is 3. The molecule has 3 aromatic rings. The molecule has 0 radical (unpaired) electrons. The monoisotopic (exact) mass is 764 g/mol. The highest BCUT2D eigenvalue weighted by Crippen LogP contribution is 2.61. The molecule has 0 aromatic heterocycles. The van der Waals surface area contributed by atoms with Gasteiger partial charge in [0.15, 0.2) is 0 Å². The van der Waals surface area contributed by atoms with Crippen molar-refractivity contribution in [3.05, 3.63) is 133 Å². The third-order valence-electron chi connectivity index (χ3n) is 11.2. The molecular weight excluding hydrogens is 709 g/mol. The summed E-state index contributed by atoms with van der Waals surface area (Å²) >= 11 is 0. The van der Waals surface area contributed by atoms with Gasteiger partial charge in [0.05, 0.1) is 18.2 Å². The molecular formula is C46H56N2O8. The van der Waals surface area contributed by atoms with Gasteiger partial charge in [-0.25, -0.2) is 4.79 Å². The van der Waals surface area contributed by atoms with Crippen LogP contribution in [0.3, 0.4) is 0 Å². The molecule has 56 heavy (non-hydrogen) atoms. The maximum Gasteiger partial charge on any atom is 0.410 e.